The van der Waals surface area contributed by atoms with E-state index in [1.165, 1.54) is 0 Å². The molecule has 2 nitrogen and oxygen atoms in total. The second kappa shape index (κ2) is 6.88. The van der Waals surface area contributed by atoms with E-state index >= 15 is 0 Å². The van der Waals surface area contributed by atoms with E-state index in [0.29, 0.717) is 19.1 Å². The largest absolute Gasteiger partial charge is 0.362 e. The molecule has 16 heavy (non-hydrogen) atoms. The first-order valence-corrected chi connectivity index (χ1v) is 6.10. The molecule has 0 aromatic heterocycles. The molecule has 1 saturated heterocycles. The number of rotatable bonds is 3. The normalized spacial score (nSPS) is 26.6. The van der Waals surface area contributed by atoms with Gasteiger partial charge in [0.1, 0.15) is 12.8 Å². The van der Waals surface area contributed by atoms with Crippen molar-refractivity contribution in [3.8, 4) is 11.8 Å². The average Bonchev–Trinajstić information content (AvgIpc) is 2.25. The maximum atomic E-state index is 13.7. The van der Waals surface area contributed by atoms with Crippen molar-refractivity contribution in [3.63, 3.8) is 0 Å². The minimum atomic E-state index is -0.866. The van der Waals surface area contributed by atoms with Gasteiger partial charge in [0.25, 0.3) is 0 Å². The van der Waals surface area contributed by atoms with Crippen LogP contribution < -0.4 is 0 Å². The van der Waals surface area contributed by atoms with E-state index in [-0.39, 0.29) is 6.10 Å². The number of halogens is 1. The summed E-state index contributed by atoms with van der Waals surface area (Å²) in [4.78, 5) is 2.12. The van der Waals surface area contributed by atoms with Crippen LogP contribution in [0.2, 0.25) is 0 Å². The van der Waals surface area contributed by atoms with Gasteiger partial charge in [-0.2, -0.15) is 0 Å². The van der Waals surface area contributed by atoms with Gasteiger partial charge in [-0.3, -0.25) is 0 Å². The van der Waals surface area contributed by atoms with Gasteiger partial charge in [0.05, 0.1) is 6.10 Å². The van der Waals surface area contributed by atoms with Crippen LogP contribution in [0.25, 0.3) is 0 Å². The van der Waals surface area contributed by atoms with E-state index in [4.69, 9.17) is 4.74 Å². The molecule has 0 radical (unpaired) electrons. The zero-order valence-electron chi connectivity index (χ0n) is 10.5. The van der Waals surface area contributed by atoms with Crippen molar-refractivity contribution in [1.82, 2.24) is 4.90 Å². The van der Waals surface area contributed by atoms with Gasteiger partial charge >= 0.3 is 0 Å². The van der Waals surface area contributed by atoms with Gasteiger partial charge in [-0.05, 0) is 13.0 Å². The second-order valence-electron chi connectivity index (χ2n) is 4.52. The molecule has 0 unspecified atom stereocenters. The SMILES string of the molecule is CCN1CC[C@@H](OCC#CC(C)C)[C@@H](F)C1. The highest BCUT2D eigenvalue weighted by Gasteiger charge is 2.28. The summed E-state index contributed by atoms with van der Waals surface area (Å²) in [6.07, 6.45) is -0.350. The lowest BCUT2D eigenvalue weighted by Gasteiger charge is -2.33. The minimum Gasteiger partial charge on any atom is -0.362 e. The predicted octanol–water partition coefficient (Wildman–Crippen LogP) is 2.09. The van der Waals surface area contributed by atoms with Crippen molar-refractivity contribution in [2.45, 2.75) is 39.5 Å². The number of likely N-dealkylation sites (tertiary alicyclic amines) is 1. The van der Waals surface area contributed by atoms with Gasteiger partial charge in [0, 0.05) is 19.0 Å². The molecular weight excluding hydrogens is 205 g/mol. The smallest absolute Gasteiger partial charge is 0.139 e. The van der Waals surface area contributed by atoms with Crippen molar-refractivity contribution in [2.24, 2.45) is 5.92 Å². The topological polar surface area (TPSA) is 12.5 Å². The van der Waals surface area contributed by atoms with Crippen LogP contribution in [0.1, 0.15) is 27.2 Å². The molecule has 2 atom stereocenters. The number of hydrogen-bond donors (Lipinski definition) is 0. The minimum absolute atomic E-state index is 0.260. The molecular formula is C13H22FNO. The van der Waals surface area contributed by atoms with Crippen molar-refractivity contribution in [3.05, 3.63) is 0 Å². The fraction of sp³-hybridized carbons (Fsp3) is 0.846. The van der Waals surface area contributed by atoms with E-state index < -0.39 is 6.17 Å². The third kappa shape index (κ3) is 4.51. The lowest BCUT2D eigenvalue weighted by molar-refractivity contribution is -0.0328. The van der Waals surface area contributed by atoms with Crippen LogP contribution in [0.15, 0.2) is 0 Å². The molecule has 0 aliphatic carbocycles. The van der Waals surface area contributed by atoms with Gasteiger partial charge in [-0.25, -0.2) is 4.39 Å². The first-order valence-electron chi connectivity index (χ1n) is 6.10. The van der Waals surface area contributed by atoms with Crippen molar-refractivity contribution >= 4 is 0 Å². The Bertz CT molecular complexity index is 256. The summed E-state index contributed by atoms with van der Waals surface area (Å²) in [7, 11) is 0. The van der Waals surface area contributed by atoms with E-state index in [1.54, 1.807) is 0 Å². The average molecular weight is 227 g/mol. The van der Waals surface area contributed by atoms with Crippen LogP contribution in [0.5, 0.6) is 0 Å². The highest BCUT2D eigenvalue weighted by molar-refractivity contribution is 5.01. The summed E-state index contributed by atoms with van der Waals surface area (Å²) in [5.74, 6) is 6.29. The third-order valence-electron chi connectivity index (χ3n) is 2.77. The molecule has 1 rings (SSSR count). The number of alkyl halides is 1. The summed E-state index contributed by atoms with van der Waals surface area (Å²) in [5.41, 5.74) is 0. The Morgan fingerprint density at radius 3 is 2.81 bits per heavy atom. The summed E-state index contributed by atoms with van der Waals surface area (Å²) in [6, 6.07) is 0. The Hall–Kier alpha value is -0.590. The van der Waals surface area contributed by atoms with Crippen LogP contribution >= 0.6 is 0 Å². The van der Waals surface area contributed by atoms with E-state index in [1.807, 2.05) is 13.8 Å². The molecule has 0 amide bonds. The van der Waals surface area contributed by atoms with Crippen molar-refractivity contribution < 1.29 is 9.13 Å². The Morgan fingerprint density at radius 1 is 1.50 bits per heavy atom. The maximum Gasteiger partial charge on any atom is 0.139 e. The molecule has 0 spiro atoms. The van der Waals surface area contributed by atoms with Crippen LogP contribution in [0, 0.1) is 17.8 Å². The Kier molecular flexibility index (Phi) is 5.79. The van der Waals surface area contributed by atoms with Gasteiger partial charge in [-0.15, -0.1) is 0 Å². The number of hydrogen-bond acceptors (Lipinski definition) is 2. The fourth-order valence-corrected chi connectivity index (χ4v) is 1.82. The molecule has 1 aliphatic rings. The molecule has 1 heterocycles. The third-order valence-corrected chi connectivity index (χ3v) is 2.77. The van der Waals surface area contributed by atoms with Crippen molar-refractivity contribution in [1.29, 1.82) is 0 Å². The second-order valence-corrected chi connectivity index (χ2v) is 4.52. The predicted molar refractivity (Wildman–Crippen MR) is 64.0 cm³/mol. The molecule has 1 aliphatic heterocycles. The Balaban J connectivity index is 2.26. The van der Waals surface area contributed by atoms with Gasteiger partial charge in [-0.1, -0.05) is 32.6 Å². The van der Waals surface area contributed by atoms with E-state index in [2.05, 4.69) is 23.7 Å². The summed E-state index contributed by atoms with van der Waals surface area (Å²) in [6.45, 7) is 8.82. The molecule has 0 aromatic rings. The lowest BCUT2D eigenvalue weighted by Crippen LogP contribution is -2.45. The van der Waals surface area contributed by atoms with E-state index in [0.717, 1.165) is 19.5 Å². The zero-order chi connectivity index (χ0) is 12.0. The van der Waals surface area contributed by atoms with Gasteiger partial charge in [0.15, 0.2) is 0 Å². The monoisotopic (exact) mass is 227 g/mol. The first-order chi connectivity index (χ1) is 7.63. The Morgan fingerprint density at radius 2 is 2.25 bits per heavy atom. The quantitative estimate of drug-likeness (QED) is 0.685. The summed E-state index contributed by atoms with van der Waals surface area (Å²) >= 11 is 0. The van der Waals surface area contributed by atoms with E-state index in [9.17, 15) is 4.39 Å². The highest BCUT2D eigenvalue weighted by Crippen LogP contribution is 2.16. The molecule has 0 saturated carbocycles. The number of nitrogens with zero attached hydrogens (tertiary/aromatic N) is 1. The molecule has 0 bridgehead atoms. The van der Waals surface area contributed by atoms with Gasteiger partial charge < -0.3 is 9.64 Å². The summed E-state index contributed by atoms with van der Waals surface area (Å²) < 4.78 is 19.1. The lowest BCUT2D eigenvalue weighted by atomic mass is 10.1. The summed E-state index contributed by atoms with van der Waals surface area (Å²) in [5, 5.41) is 0. The number of ether oxygens (including phenoxy) is 1. The Labute approximate surface area is 98.2 Å². The molecule has 3 heteroatoms. The first kappa shape index (κ1) is 13.5. The zero-order valence-corrected chi connectivity index (χ0v) is 10.5. The number of piperidine rings is 1. The molecule has 92 valence electrons. The van der Waals surface area contributed by atoms with Crippen LogP contribution in [-0.2, 0) is 4.74 Å². The molecule has 0 N–H and O–H groups in total. The highest BCUT2D eigenvalue weighted by atomic mass is 19.1. The van der Waals surface area contributed by atoms with Gasteiger partial charge in [0.2, 0.25) is 0 Å². The standard InChI is InChI=1S/C13H22FNO/c1-4-15-8-7-13(12(14)10-15)16-9-5-6-11(2)3/h11-13H,4,7-10H2,1-3H3/t12-,13+/m0/s1. The van der Waals surface area contributed by atoms with Crippen LogP contribution in [0.4, 0.5) is 4.39 Å². The molecule has 0 aromatic carbocycles. The van der Waals surface area contributed by atoms with Crippen LogP contribution in [-0.4, -0.2) is 43.4 Å². The molecule has 1 fully saturated rings. The van der Waals surface area contributed by atoms with Crippen molar-refractivity contribution in [2.75, 3.05) is 26.2 Å². The van der Waals surface area contributed by atoms with Crippen LogP contribution in [0.3, 0.4) is 0 Å². The maximum absolute atomic E-state index is 13.7. The fourth-order valence-electron chi connectivity index (χ4n) is 1.82.